The summed E-state index contributed by atoms with van der Waals surface area (Å²) in [5, 5.41) is 13.6. The minimum absolute atomic E-state index is 0.0389. The van der Waals surface area contributed by atoms with Gasteiger partial charge in [0.15, 0.2) is 11.5 Å². The number of aromatic nitrogens is 2. The number of carbonyl (C=O) groups excluding carboxylic acids is 1. The number of amides is 1. The Morgan fingerprint density at radius 3 is 2.29 bits per heavy atom. The Bertz CT molecular complexity index is 1180. The van der Waals surface area contributed by atoms with E-state index in [9.17, 15) is 23.2 Å². The molecule has 0 bridgehead atoms. The number of nitrogens with zero attached hydrogens (tertiary/aromatic N) is 6. The van der Waals surface area contributed by atoms with E-state index in [1.165, 1.54) is 6.34 Å². The number of rotatable bonds is 5. The summed E-state index contributed by atoms with van der Waals surface area (Å²) in [6.45, 7) is 1.28. The van der Waals surface area contributed by atoms with Gasteiger partial charge in [0.05, 0.1) is 32.9 Å². The fourth-order valence-corrected chi connectivity index (χ4v) is 4.87. The number of likely N-dealkylation sites (tertiary alicyclic amines) is 1. The highest BCUT2D eigenvalue weighted by atomic mass is 35.5. The summed E-state index contributed by atoms with van der Waals surface area (Å²) in [7, 11) is 3.46. The van der Waals surface area contributed by atoms with Gasteiger partial charge in [-0.2, -0.15) is 23.5 Å². The van der Waals surface area contributed by atoms with Crippen LogP contribution in [-0.4, -0.2) is 59.0 Å². The Morgan fingerprint density at radius 2 is 1.82 bits per heavy atom. The third kappa shape index (κ3) is 4.23. The molecule has 1 amide bonds. The van der Waals surface area contributed by atoms with E-state index >= 15 is 0 Å². The van der Waals surface area contributed by atoms with Crippen molar-refractivity contribution >= 4 is 41.3 Å². The quantitative estimate of drug-likeness (QED) is 0.419. The van der Waals surface area contributed by atoms with Crippen LogP contribution < -0.4 is 0 Å². The second kappa shape index (κ2) is 8.78. The summed E-state index contributed by atoms with van der Waals surface area (Å²) in [6, 6.07) is 3.52. The summed E-state index contributed by atoms with van der Waals surface area (Å²) in [6.07, 6.45) is -0.335. The van der Waals surface area contributed by atoms with Crippen LogP contribution in [0.4, 0.5) is 19.0 Å². The smallest absolute Gasteiger partial charge is 0.369 e. The lowest BCUT2D eigenvalue weighted by molar-refractivity contribution is -0.137. The van der Waals surface area contributed by atoms with Crippen LogP contribution in [0, 0.1) is 11.3 Å². The highest BCUT2D eigenvalue weighted by Gasteiger charge is 2.57. The molecule has 1 aromatic carbocycles. The third-order valence-electron chi connectivity index (χ3n) is 5.97. The predicted molar refractivity (Wildman–Crippen MR) is 122 cm³/mol. The molecule has 0 N–H and O–H groups in total. The third-order valence-corrected chi connectivity index (χ3v) is 6.54. The number of aliphatic imine (C=N–C) groups is 1. The van der Waals surface area contributed by atoms with Gasteiger partial charge in [0, 0.05) is 27.2 Å². The van der Waals surface area contributed by atoms with Crippen molar-refractivity contribution in [1.29, 1.82) is 5.26 Å². The molecule has 2 fully saturated rings. The Labute approximate surface area is 204 Å². The van der Waals surface area contributed by atoms with E-state index in [0.29, 0.717) is 31.5 Å². The van der Waals surface area contributed by atoms with E-state index in [1.807, 2.05) is 6.07 Å². The molecule has 0 spiro atoms. The van der Waals surface area contributed by atoms with Crippen molar-refractivity contribution in [1.82, 2.24) is 19.6 Å². The van der Waals surface area contributed by atoms with Crippen LogP contribution in [0.5, 0.6) is 0 Å². The van der Waals surface area contributed by atoms with Gasteiger partial charge >= 0.3 is 6.18 Å². The lowest BCUT2D eigenvalue weighted by Crippen LogP contribution is -2.37. The minimum atomic E-state index is -4.65. The summed E-state index contributed by atoms with van der Waals surface area (Å²) in [4.78, 5) is 21.3. The summed E-state index contributed by atoms with van der Waals surface area (Å²) >= 11 is 12.5. The van der Waals surface area contributed by atoms with E-state index in [-0.39, 0.29) is 33.2 Å². The monoisotopic (exact) mass is 512 g/mol. The molecule has 1 aliphatic heterocycles. The SMILES string of the molecule is CN(C)C=Nc1c(C2(C(=O)N3CCCC3)CC2)c(C#N)nn1-c1c(Cl)cc(C(F)(F)F)cc1Cl. The number of hydrogen-bond acceptors (Lipinski definition) is 4. The van der Waals surface area contributed by atoms with Gasteiger partial charge in [-0.3, -0.25) is 4.79 Å². The van der Waals surface area contributed by atoms with Crippen molar-refractivity contribution < 1.29 is 18.0 Å². The number of carbonyl (C=O) groups is 1. The molecule has 1 saturated carbocycles. The normalized spacial score (nSPS) is 17.3. The second-order valence-corrected chi connectivity index (χ2v) is 9.46. The highest BCUT2D eigenvalue weighted by molar-refractivity contribution is 6.38. The topological polar surface area (TPSA) is 77.5 Å². The molecule has 0 atom stereocenters. The van der Waals surface area contributed by atoms with Crippen molar-refractivity contribution in [3.8, 4) is 11.8 Å². The first-order chi connectivity index (χ1) is 16.0. The Morgan fingerprint density at radius 1 is 1.24 bits per heavy atom. The van der Waals surface area contributed by atoms with Gasteiger partial charge in [-0.25, -0.2) is 9.67 Å². The minimum Gasteiger partial charge on any atom is -0.369 e. The van der Waals surface area contributed by atoms with Gasteiger partial charge in [-0.05, 0) is 37.8 Å². The maximum absolute atomic E-state index is 13.5. The van der Waals surface area contributed by atoms with Crippen LogP contribution in [-0.2, 0) is 16.4 Å². The first kappa shape index (κ1) is 24.4. The molecule has 1 aliphatic carbocycles. The van der Waals surface area contributed by atoms with Gasteiger partial charge in [-0.1, -0.05) is 23.2 Å². The molecule has 4 rings (SSSR count). The van der Waals surface area contributed by atoms with Crippen molar-refractivity contribution in [2.24, 2.45) is 4.99 Å². The van der Waals surface area contributed by atoms with Crippen LogP contribution in [0.1, 0.15) is 42.5 Å². The molecule has 1 aromatic heterocycles. The van der Waals surface area contributed by atoms with Crippen molar-refractivity contribution in [2.45, 2.75) is 37.3 Å². The van der Waals surface area contributed by atoms with Crippen LogP contribution in [0.15, 0.2) is 17.1 Å². The lowest BCUT2D eigenvalue weighted by Gasteiger charge is -2.23. The molecule has 7 nitrogen and oxygen atoms in total. The number of benzene rings is 1. The zero-order valence-electron chi connectivity index (χ0n) is 18.5. The largest absolute Gasteiger partial charge is 0.416 e. The molecule has 0 radical (unpaired) electrons. The van der Waals surface area contributed by atoms with Crippen molar-refractivity contribution in [3.63, 3.8) is 0 Å². The van der Waals surface area contributed by atoms with Crippen LogP contribution in [0.25, 0.3) is 5.69 Å². The number of alkyl halides is 3. The highest BCUT2D eigenvalue weighted by Crippen LogP contribution is 2.55. The van der Waals surface area contributed by atoms with E-state index < -0.39 is 17.2 Å². The van der Waals surface area contributed by atoms with E-state index in [1.54, 1.807) is 23.9 Å². The average Bonchev–Trinajstić information content (AvgIpc) is 3.20. The fraction of sp³-hybridized carbons (Fsp3) is 0.455. The lowest BCUT2D eigenvalue weighted by atomic mass is 9.93. The molecule has 2 aliphatic rings. The molecule has 1 saturated heterocycles. The Hall–Kier alpha value is -2.77. The predicted octanol–water partition coefficient (Wildman–Crippen LogP) is 4.94. The number of nitriles is 1. The van der Waals surface area contributed by atoms with Gasteiger partial charge < -0.3 is 9.80 Å². The molecule has 12 heteroatoms. The maximum Gasteiger partial charge on any atom is 0.416 e. The maximum atomic E-state index is 13.5. The molecule has 34 heavy (non-hydrogen) atoms. The zero-order chi connectivity index (χ0) is 24.8. The standard InChI is InChI=1S/C22H21Cl2F3N6O/c1-31(2)12-29-19-17(21(5-6-21)20(34)32-7-3-4-8-32)16(11-28)30-33(19)18-14(23)9-13(10-15(18)24)22(25,26)27/h9-10,12H,3-8H2,1-2H3. The van der Waals surface area contributed by atoms with Crippen LogP contribution in [0.3, 0.4) is 0 Å². The fourth-order valence-electron chi connectivity index (χ4n) is 4.22. The van der Waals surface area contributed by atoms with Crippen LogP contribution >= 0.6 is 23.2 Å². The van der Waals surface area contributed by atoms with E-state index in [2.05, 4.69) is 10.1 Å². The molecular formula is C22H21Cl2F3N6O. The molecule has 2 aromatic rings. The Balaban J connectivity index is 1.94. The average molecular weight is 513 g/mol. The van der Waals surface area contributed by atoms with Crippen molar-refractivity contribution in [3.05, 3.63) is 39.0 Å². The molecule has 180 valence electrons. The van der Waals surface area contributed by atoms with Gasteiger partial charge in [0.25, 0.3) is 0 Å². The summed E-state index contributed by atoms with van der Waals surface area (Å²) < 4.78 is 40.9. The van der Waals surface area contributed by atoms with Crippen LogP contribution in [0.2, 0.25) is 10.0 Å². The van der Waals surface area contributed by atoms with E-state index in [0.717, 1.165) is 29.7 Å². The first-order valence-corrected chi connectivity index (χ1v) is 11.4. The molecular weight excluding hydrogens is 492 g/mol. The number of hydrogen-bond donors (Lipinski definition) is 0. The molecule has 0 unspecified atom stereocenters. The van der Waals surface area contributed by atoms with Gasteiger partial charge in [0.2, 0.25) is 5.91 Å². The van der Waals surface area contributed by atoms with Gasteiger partial charge in [-0.15, -0.1) is 0 Å². The van der Waals surface area contributed by atoms with Crippen molar-refractivity contribution in [2.75, 3.05) is 27.2 Å². The zero-order valence-corrected chi connectivity index (χ0v) is 20.0. The molecule has 2 heterocycles. The number of halogens is 5. The summed E-state index contributed by atoms with van der Waals surface area (Å²) in [5.74, 6) is 0.0471. The Kier molecular flexibility index (Phi) is 6.29. The first-order valence-electron chi connectivity index (χ1n) is 10.6. The van der Waals surface area contributed by atoms with Gasteiger partial charge in [0.1, 0.15) is 11.8 Å². The second-order valence-electron chi connectivity index (χ2n) is 8.65. The summed E-state index contributed by atoms with van der Waals surface area (Å²) in [5.41, 5.74) is -1.72. The van der Waals surface area contributed by atoms with E-state index in [4.69, 9.17) is 23.2 Å².